The number of hydrogen-bond acceptors (Lipinski definition) is 4. The van der Waals surface area contributed by atoms with Gasteiger partial charge in [0.15, 0.2) is 0 Å². The second kappa shape index (κ2) is 9.52. The lowest BCUT2D eigenvalue weighted by molar-refractivity contribution is -0.146. The molecule has 0 unspecified atom stereocenters. The highest BCUT2D eigenvalue weighted by Crippen LogP contribution is 2.48. The standard InChI is InChI=1S/C29H36F3N3O2/c1-17-8-9-20-16-37-24-15-21(29(30,31)32)11-12-22(24)26(20)35(17)27(36)19-6-5-7-23-18(14-19)10-13-25(33-23)34-28(2,3)4/h10-13,15,17,19-20,26H,5-9,14,16H2,1-4H3,(H,33,34)/t17-,19-,20-,26-/m1/s1. The van der Waals surface area contributed by atoms with Crippen molar-refractivity contribution in [1.82, 2.24) is 9.88 Å². The van der Waals surface area contributed by atoms with Crippen LogP contribution in [0.3, 0.4) is 0 Å². The van der Waals surface area contributed by atoms with Crippen LogP contribution in [0.25, 0.3) is 0 Å². The van der Waals surface area contributed by atoms with Gasteiger partial charge in [-0.1, -0.05) is 12.1 Å². The van der Waals surface area contributed by atoms with Crippen LogP contribution in [0.4, 0.5) is 19.0 Å². The van der Waals surface area contributed by atoms with Gasteiger partial charge in [-0.25, -0.2) is 4.98 Å². The number of halogens is 3. The van der Waals surface area contributed by atoms with E-state index in [0.29, 0.717) is 18.6 Å². The molecule has 1 aromatic heterocycles. The highest BCUT2D eigenvalue weighted by Gasteiger charge is 2.45. The third-order valence-electron chi connectivity index (χ3n) is 7.90. The number of fused-ring (bicyclic) bond motifs is 4. The SMILES string of the molecule is C[C@@H]1CC[C@@H]2COc3cc(C(F)(F)F)ccc3[C@@H]2N1C(=O)[C@@H]1CCCc2nc(NC(C)(C)C)ccc2C1. The maximum atomic E-state index is 14.1. The van der Waals surface area contributed by atoms with Crippen LogP contribution in [0.1, 0.15) is 81.8 Å². The molecule has 2 aliphatic heterocycles. The van der Waals surface area contributed by atoms with Gasteiger partial charge < -0.3 is 15.0 Å². The Balaban J connectivity index is 1.42. The minimum Gasteiger partial charge on any atom is -0.493 e. The lowest BCUT2D eigenvalue weighted by Crippen LogP contribution is -2.52. The van der Waals surface area contributed by atoms with E-state index < -0.39 is 11.7 Å². The summed E-state index contributed by atoms with van der Waals surface area (Å²) in [5.41, 5.74) is 2.04. The van der Waals surface area contributed by atoms with Crippen LogP contribution in [0.5, 0.6) is 5.75 Å². The maximum Gasteiger partial charge on any atom is 0.416 e. The summed E-state index contributed by atoms with van der Waals surface area (Å²) in [5.74, 6) is 1.10. The van der Waals surface area contributed by atoms with Gasteiger partial charge in [0.1, 0.15) is 11.6 Å². The number of piperidine rings is 1. The second-order valence-corrected chi connectivity index (χ2v) is 11.9. The molecule has 1 aliphatic carbocycles. The lowest BCUT2D eigenvalue weighted by atomic mass is 9.79. The van der Waals surface area contributed by atoms with Gasteiger partial charge in [-0.15, -0.1) is 0 Å². The summed E-state index contributed by atoms with van der Waals surface area (Å²) in [6.45, 7) is 8.68. The largest absolute Gasteiger partial charge is 0.493 e. The van der Waals surface area contributed by atoms with Gasteiger partial charge in [0.2, 0.25) is 5.91 Å². The van der Waals surface area contributed by atoms with E-state index in [4.69, 9.17) is 9.72 Å². The first-order valence-electron chi connectivity index (χ1n) is 13.3. The Morgan fingerprint density at radius 1 is 1.11 bits per heavy atom. The first-order valence-corrected chi connectivity index (χ1v) is 13.3. The Labute approximate surface area is 216 Å². The zero-order valence-corrected chi connectivity index (χ0v) is 22.0. The number of benzene rings is 1. The monoisotopic (exact) mass is 515 g/mol. The molecule has 200 valence electrons. The fourth-order valence-corrected chi connectivity index (χ4v) is 6.15. The molecule has 1 aromatic carbocycles. The molecule has 2 aromatic rings. The number of anilines is 1. The summed E-state index contributed by atoms with van der Waals surface area (Å²) in [5, 5.41) is 3.43. The van der Waals surface area contributed by atoms with E-state index in [0.717, 1.165) is 61.3 Å². The number of likely N-dealkylation sites (tertiary alicyclic amines) is 1. The highest BCUT2D eigenvalue weighted by molar-refractivity contribution is 5.80. The molecule has 0 spiro atoms. The Bertz CT molecular complexity index is 1170. The number of nitrogens with one attached hydrogen (secondary N) is 1. The predicted octanol–water partition coefficient (Wildman–Crippen LogP) is 6.57. The zero-order chi connectivity index (χ0) is 26.5. The van der Waals surface area contributed by atoms with E-state index in [1.807, 2.05) is 11.0 Å². The van der Waals surface area contributed by atoms with Gasteiger partial charge >= 0.3 is 6.18 Å². The highest BCUT2D eigenvalue weighted by atomic mass is 19.4. The molecule has 4 atom stereocenters. The molecule has 5 nitrogen and oxygen atoms in total. The second-order valence-electron chi connectivity index (χ2n) is 11.9. The van der Waals surface area contributed by atoms with Crippen LogP contribution in [0.2, 0.25) is 0 Å². The summed E-state index contributed by atoms with van der Waals surface area (Å²) >= 11 is 0. The Hall–Kier alpha value is -2.77. The number of pyridine rings is 1. The fourth-order valence-electron chi connectivity index (χ4n) is 6.15. The van der Waals surface area contributed by atoms with E-state index in [2.05, 4.69) is 39.1 Å². The molecule has 1 N–H and O–H groups in total. The minimum atomic E-state index is -4.44. The van der Waals surface area contributed by atoms with E-state index in [9.17, 15) is 18.0 Å². The summed E-state index contributed by atoms with van der Waals surface area (Å²) in [6, 6.07) is 7.55. The number of alkyl halides is 3. The molecule has 0 radical (unpaired) electrons. The van der Waals surface area contributed by atoms with Crippen molar-refractivity contribution in [3.63, 3.8) is 0 Å². The number of aryl methyl sites for hydroxylation is 1. The van der Waals surface area contributed by atoms with Gasteiger partial charge in [0.25, 0.3) is 0 Å². The number of amides is 1. The molecule has 1 amide bonds. The Kier molecular flexibility index (Phi) is 6.65. The first-order chi connectivity index (χ1) is 17.4. The maximum absolute atomic E-state index is 14.1. The smallest absolute Gasteiger partial charge is 0.416 e. The first kappa shape index (κ1) is 25.9. The van der Waals surface area contributed by atoms with E-state index in [1.54, 1.807) is 0 Å². The van der Waals surface area contributed by atoms with Crippen LogP contribution < -0.4 is 10.1 Å². The minimum absolute atomic E-state index is 0.0150. The Morgan fingerprint density at radius 3 is 2.62 bits per heavy atom. The number of aromatic nitrogens is 1. The van der Waals surface area contributed by atoms with E-state index >= 15 is 0 Å². The predicted molar refractivity (Wildman–Crippen MR) is 136 cm³/mol. The molecule has 1 saturated heterocycles. The number of carbonyl (C=O) groups excluding carboxylic acids is 1. The van der Waals surface area contributed by atoms with Crippen LogP contribution in [0, 0.1) is 11.8 Å². The average Bonchev–Trinajstić information content (AvgIpc) is 3.03. The summed E-state index contributed by atoms with van der Waals surface area (Å²) in [4.78, 5) is 21.0. The quantitative estimate of drug-likeness (QED) is 0.460. The zero-order valence-electron chi connectivity index (χ0n) is 22.0. The van der Waals surface area contributed by atoms with Crippen molar-refractivity contribution in [2.24, 2.45) is 11.8 Å². The van der Waals surface area contributed by atoms with Gasteiger partial charge in [-0.2, -0.15) is 13.2 Å². The molecule has 5 rings (SSSR count). The van der Waals surface area contributed by atoms with Crippen LogP contribution >= 0.6 is 0 Å². The summed E-state index contributed by atoms with van der Waals surface area (Å²) in [6.07, 6.45) is 0.421. The molecular formula is C29H36F3N3O2. The Morgan fingerprint density at radius 2 is 1.89 bits per heavy atom. The van der Waals surface area contributed by atoms with E-state index in [-0.39, 0.29) is 41.1 Å². The third-order valence-corrected chi connectivity index (χ3v) is 7.90. The summed E-state index contributed by atoms with van der Waals surface area (Å²) < 4.78 is 45.8. The molecule has 3 aliphatic rings. The van der Waals surface area contributed by atoms with E-state index in [1.165, 1.54) is 6.07 Å². The third kappa shape index (κ3) is 5.30. The van der Waals surface area contributed by atoms with Gasteiger partial charge in [0, 0.05) is 34.7 Å². The lowest BCUT2D eigenvalue weighted by Gasteiger charge is -2.49. The van der Waals surface area contributed by atoms with Gasteiger partial charge in [-0.3, -0.25) is 4.79 Å². The number of hydrogen-bond donors (Lipinski definition) is 1. The van der Waals surface area contributed by atoms with Crippen molar-refractivity contribution >= 4 is 11.7 Å². The van der Waals surface area contributed by atoms with Crippen molar-refractivity contribution in [3.05, 3.63) is 52.7 Å². The number of rotatable bonds is 2. The summed E-state index contributed by atoms with van der Waals surface area (Å²) in [7, 11) is 0. The normalized spacial score (nSPS) is 25.8. The van der Waals surface area contributed by atoms with Crippen LogP contribution in [-0.2, 0) is 23.8 Å². The van der Waals surface area contributed by atoms with Crippen LogP contribution in [-0.4, -0.2) is 34.0 Å². The molecule has 8 heteroatoms. The molecule has 37 heavy (non-hydrogen) atoms. The molecule has 1 fully saturated rings. The van der Waals surface area contributed by atoms with Gasteiger partial charge in [0.05, 0.1) is 18.2 Å². The van der Waals surface area contributed by atoms with Crippen molar-refractivity contribution in [3.8, 4) is 5.75 Å². The van der Waals surface area contributed by atoms with Gasteiger partial charge in [-0.05, 0) is 90.0 Å². The number of carbonyl (C=O) groups is 1. The molecular weight excluding hydrogens is 479 g/mol. The molecule has 0 bridgehead atoms. The fraction of sp³-hybridized carbons (Fsp3) is 0.586. The van der Waals surface area contributed by atoms with Crippen molar-refractivity contribution in [2.45, 2.75) is 90.0 Å². The topological polar surface area (TPSA) is 54.5 Å². The molecule has 0 saturated carbocycles. The molecule has 3 heterocycles. The van der Waals surface area contributed by atoms with Crippen molar-refractivity contribution in [1.29, 1.82) is 0 Å². The average molecular weight is 516 g/mol. The van der Waals surface area contributed by atoms with Crippen molar-refractivity contribution in [2.75, 3.05) is 11.9 Å². The van der Waals surface area contributed by atoms with Crippen LogP contribution in [0.15, 0.2) is 30.3 Å². The van der Waals surface area contributed by atoms with Crippen molar-refractivity contribution < 1.29 is 22.7 Å². The number of ether oxygens (including phenoxy) is 1. The number of nitrogens with zero attached hydrogens (tertiary/aromatic N) is 2.